The molecule has 25 heavy (non-hydrogen) atoms. The molecule has 5 nitrogen and oxygen atoms in total. The second kappa shape index (κ2) is 7.51. The summed E-state index contributed by atoms with van der Waals surface area (Å²) in [6.45, 7) is 2.96. The van der Waals surface area contributed by atoms with E-state index >= 15 is 0 Å². The van der Waals surface area contributed by atoms with Gasteiger partial charge in [0.05, 0.1) is 18.1 Å². The van der Waals surface area contributed by atoms with Crippen LogP contribution in [0.4, 0.5) is 4.39 Å². The molecule has 1 aromatic heterocycles. The Balaban J connectivity index is 1.73. The average Bonchev–Trinajstić information content (AvgIpc) is 3.11. The van der Waals surface area contributed by atoms with Crippen molar-refractivity contribution in [1.82, 2.24) is 4.90 Å². The van der Waals surface area contributed by atoms with E-state index in [1.54, 1.807) is 36.1 Å². The van der Waals surface area contributed by atoms with Gasteiger partial charge >= 0.3 is 5.97 Å². The number of hydrogen-bond donors (Lipinski definition) is 0. The van der Waals surface area contributed by atoms with Crippen LogP contribution >= 0.6 is 0 Å². The lowest BCUT2D eigenvalue weighted by Gasteiger charge is -2.30. The number of ether oxygens (including phenoxy) is 1. The molecule has 0 aliphatic carbocycles. The van der Waals surface area contributed by atoms with Crippen molar-refractivity contribution in [2.75, 3.05) is 19.7 Å². The van der Waals surface area contributed by atoms with Crippen LogP contribution in [0.25, 0.3) is 11.3 Å². The highest BCUT2D eigenvalue weighted by Gasteiger charge is 2.31. The van der Waals surface area contributed by atoms with Crippen molar-refractivity contribution in [2.45, 2.75) is 19.8 Å². The van der Waals surface area contributed by atoms with Gasteiger partial charge in [-0.1, -0.05) is 12.1 Å². The molecule has 0 unspecified atom stereocenters. The van der Waals surface area contributed by atoms with Gasteiger partial charge in [0.1, 0.15) is 11.6 Å². The van der Waals surface area contributed by atoms with Gasteiger partial charge in [0, 0.05) is 13.1 Å². The first-order chi connectivity index (χ1) is 12.1. The summed E-state index contributed by atoms with van der Waals surface area (Å²) < 4.78 is 24.5. The van der Waals surface area contributed by atoms with Crippen LogP contribution in [0.2, 0.25) is 0 Å². The molecule has 2 aromatic rings. The van der Waals surface area contributed by atoms with E-state index in [0.29, 0.717) is 37.4 Å². The molecule has 132 valence electrons. The SMILES string of the molecule is CCOC(=O)[C@@H]1CCCN(C(=O)c2ccc(-c3ccccc3F)o2)C1. The number of furan rings is 1. The van der Waals surface area contributed by atoms with Gasteiger partial charge in [0.25, 0.3) is 5.91 Å². The van der Waals surface area contributed by atoms with Gasteiger partial charge in [-0.15, -0.1) is 0 Å². The van der Waals surface area contributed by atoms with Crippen molar-refractivity contribution in [2.24, 2.45) is 5.92 Å². The summed E-state index contributed by atoms with van der Waals surface area (Å²) in [5, 5.41) is 0. The third-order valence-electron chi connectivity index (χ3n) is 4.28. The van der Waals surface area contributed by atoms with Crippen molar-refractivity contribution in [3.63, 3.8) is 0 Å². The van der Waals surface area contributed by atoms with E-state index in [4.69, 9.17) is 9.15 Å². The Morgan fingerprint density at radius 3 is 2.84 bits per heavy atom. The number of rotatable bonds is 4. The lowest BCUT2D eigenvalue weighted by atomic mass is 9.98. The molecule has 0 bridgehead atoms. The molecule has 1 amide bonds. The number of nitrogens with zero attached hydrogens (tertiary/aromatic N) is 1. The Morgan fingerprint density at radius 1 is 1.28 bits per heavy atom. The molecule has 1 fully saturated rings. The van der Waals surface area contributed by atoms with Crippen molar-refractivity contribution in [3.05, 3.63) is 48.0 Å². The largest absolute Gasteiger partial charge is 0.466 e. The van der Waals surface area contributed by atoms with Crippen molar-refractivity contribution < 1.29 is 23.1 Å². The van der Waals surface area contributed by atoms with Gasteiger partial charge in [-0.25, -0.2) is 4.39 Å². The second-order valence-corrected chi connectivity index (χ2v) is 5.99. The first-order valence-corrected chi connectivity index (χ1v) is 8.40. The van der Waals surface area contributed by atoms with Gasteiger partial charge < -0.3 is 14.1 Å². The second-order valence-electron chi connectivity index (χ2n) is 5.99. The third-order valence-corrected chi connectivity index (χ3v) is 4.28. The molecular formula is C19H20FNO4. The van der Waals surface area contributed by atoms with Crippen molar-refractivity contribution in [1.29, 1.82) is 0 Å². The summed E-state index contributed by atoms with van der Waals surface area (Å²) in [7, 11) is 0. The number of esters is 1. The zero-order valence-electron chi connectivity index (χ0n) is 14.0. The Hall–Kier alpha value is -2.63. The molecule has 0 N–H and O–H groups in total. The van der Waals surface area contributed by atoms with Crippen LogP contribution < -0.4 is 0 Å². The van der Waals surface area contributed by atoms with Gasteiger partial charge in [-0.2, -0.15) is 0 Å². The molecule has 1 aromatic carbocycles. The average molecular weight is 345 g/mol. The van der Waals surface area contributed by atoms with Gasteiger partial charge in [-0.3, -0.25) is 9.59 Å². The highest BCUT2D eigenvalue weighted by molar-refractivity contribution is 5.92. The molecule has 6 heteroatoms. The summed E-state index contributed by atoms with van der Waals surface area (Å²) in [5.74, 6) is -0.832. The number of halogens is 1. The lowest BCUT2D eigenvalue weighted by molar-refractivity contribution is -0.149. The predicted octanol–water partition coefficient (Wildman–Crippen LogP) is 3.50. The molecular weight excluding hydrogens is 325 g/mol. The van der Waals surface area contributed by atoms with Crippen LogP contribution in [0.3, 0.4) is 0 Å². The van der Waals surface area contributed by atoms with Gasteiger partial charge in [0.2, 0.25) is 0 Å². The van der Waals surface area contributed by atoms with Crippen LogP contribution in [-0.2, 0) is 9.53 Å². The van der Waals surface area contributed by atoms with E-state index in [-0.39, 0.29) is 23.6 Å². The quantitative estimate of drug-likeness (QED) is 0.796. The molecule has 1 aliphatic rings. The number of piperidine rings is 1. The molecule has 0 saturated carbocycles. The van der Waals surface area contributed by atoms with Crippen LogP contribution in [-0.4, -0.2) is 36.5 Å². The smallest absolute Gasteiger partial charge is 0.310 e. The summed E-state index contributed by atoms with van der Waals surface area (Å²) in [5.41, 5.74) is 0.310. The zero-order chi connectivity index (χ0) is 17.8. The highest BCUT2D eigenvalue weighted by atomic mass is 19.1. The molecule has 0 spiro atoms. The fourth-order valence-corrected chi connectivity index (χ4v) is 3.03. The predicted molar refractivity (Wildman–Crippen MR) is 89.4 cm³/mol. The van der Waals surface area contributed by atoms with Crippen molar-refractivity contribution in [3.8, 4) is 11.3 Å². The van der Waals surface area contributed by atoms with Gasteiger partial charge in [-0.05, 0) is 44.0 Å². The van der Waals surface area contributed by atoms with Crippen LogP contribution in [0.5, 0.6) is 0 Å². The number of carbonyl (C=O) groups excluding carboxylic acids is 2. The van der Waals surface area contributed by atoms with E-state index in [1.165, 1.54) is 12.1 Å². The summed E-state index contributed by atoms with van der Waals surface area (Å²) in [6.07, 6.45) is 1.44. The number of benzene rings is 1. The minimum atomic E-state index is -0.406. The number of amides is 1. The molecule has 2 heterocycles. The Kier molecular flexibility index (Phi) is 5.16. The summed E-state index contributed by atoms with van der Waals surface area (Å²) in [4.78, 5) is 26.1. The van der Waals surface area contributed by atoms with Gasteiger partial charge in [0.15, 0.2) is 5.76 Å². The van der Waals surface area contributed by atoms with E-state index in [2.05, 4.69) is 0 Å². The minimum Gasteiger partial charge on any atom is -0.466 e. The first kappa shape index (κ1) is 17.2. The molecule has 1 aliphatic heterocycles. The Bertz CT molecular complexity index is 770. The topological polar surface area (TPSA) is 59.8 Å². The molecule has 1 atom stereocenters. The summed E-state index contributed by atoms with van der Waals surface area (Å²) in [6, 6.07) is 9.36. The van der Waals surface area contributed by atoms with E-state index in [9.17, 15) is 14.0 Å². The maximum Gasteiger partial charge on any atom is 0.310 e. The van der Waals surface area contributed by atoms with Crippen LogP contribution in [0.15, 0.2) is 40.8 Å². The number of hydrogen-bond acceptors (Lipinski definition) is 4. The lowest BCUT2D eigenvalue weighted by Crippen LogP contribution is -2.42. The van der Waals surface area contributed by atoms with Crippen LogP contribution in [0, 0.1) is 11.7 Å². The molecule has 1 saturated heterocycles. The molecule has 3 rings (SSSR count). The minimum absolute atomic E-state index is 0.141. The van der Waals surface area contributed by atoms with Crippen molar-refractivity contribution >= 4 is 11.9 Å². The Morgan fingerprint density at radius 2 is 2.08 bits per heavy atom. The van der Waals surface area contributed by atoms with E-state index in [0.717, 1.165) is 6.42 Å². The number of likely N-dealkylation sites (tertiary alicyclic amines) is 1. The van der Waals surface area contributed by atoms with E-state index < -0.39 is 5.82 Å². The zero-order valence-corrected chi connectivity index (χ0v) is 14.0. The standard InChI is InChI=1S/C19H20FNO4/c1-2-24-19(23)13-6-5-11-21(12-13)18(22)17-10-9-16(25-17)14-7-3-4-8-15(14)20/h3-4,7-10,13H,2,5-6,11-12H2,1H3/t13-/m1/s1. The van der Waals surface area contributed by atoms with Crippen LogP contribution in [0.1, 0.15) is 30.3 Å². The fourth-order valence-electron chi connectivity index (χ4n) is 3.03. The summed E-state index contributed by atoms with van der Waals surface area (Å²) >= 11 is 0. The maximum absolute atomic E-state index is 13.8. The maximum atomic E-state index is 13.8. The third kappa shape index (κ3) is 3.73. The monoisotopic (exact) mass is 345 g/mol. The number of carbonyl (C=O) groups is 2. The first-order valence-electron chi connectivity index (χ1n) is 8.40. The fraction of sp³-hybridized carbons (Fsp3) is 0.368. The molecule has 0 radical (unpaired) electrons. The highest BCUT2D eigenvalue weighted by Crippen LogP contribution is 2.26. The van der Waals surface area contributed by atoms with E-state index in [1.807, 2.05) is 0 Å². The Labute approximate surface area is 145 Å². The normalized spacial score (nSPS) is 17.4.